The lowest BCUT2D eigenvalue weighted by Gasteiger charge is -2.37. The fourth-order valence-electron chi connectivity index (χ4n) is 8.92. The van der Waals surface area contributed by atoms with E-state index in [2.05, 4.69) is 37.3 Å². The van der Waals surface area contributed by atoms with Crippen molar-refractivity contribution < 1.29 is 47.7 Å². The van der Waals surface area contributed by atoms with Gasteiger partial charge in [-0.15, -0.1) is 0 Å². The molecule has 4 heterocycles. The number of carbonyl (C=O) groups is 6. The van der Waals surface area contributed by atoms with Crippen molar-refractivity contribution in [2.45, 2.75) is 76.0 Å². The van der Waals surface area contributed by atoms with Crippen molar-refractivity contribution in [3.05, 3.63) is 132 Å². The first-order valence-corrected chi connectivity index (χ1v) is 24.5. The molecular weight excluding hydrogens is 935 g/mol. The van der Waals surface area contributed by atoms with E-state index in [9.17, 15) is 28.8 Å². The van der Waals surface area contributed by atoms with Gasteiger partial charge in [0, 0.05) is 67.9 Å². The second-order valence-electron chi connectivity index (χ2n) is 17.7. The van der Waals surface area contributed by atoms with E-state index in [1.165, 1.54) is 18.2 Å². The zero-order chi connectivity index (χ0) is 50.9. The summed E-state index contributed by atoms with van der Waals surface area (Å²) in [7, 11) is 0. The van der Waals surface area contributed by atoms with Crippen LogP contribution in [-0.2, 0) is 30.4 Å². The Labute approximate surface area is 422 Å². The highest BCUT2D eigenvalue weighted by molar-refractivity contribution is 6.24. The first-order chi connectivity index (χ1) is 35.6. The van der Waals surface area contributed by atoms with Gasteiger partial charge in [-0.1, -0.05) is 48.5 Å². The van der Waals surface area contributed by atoms with Gasteiger partial charge < -0.3 is 34.9 Å². The molecule has 7 amide bonds. The summed E-state index contributed by atoms with van der Waals surface area (Å²) in [6.45, 7) is 2.31. The molecule has 19 heteroatoms. The molecule has 4 N–H and O–H groups in total. The number of unbranched alkanes of at least 4 members (excludes halogenated alkanes) is 1. The second kappa shape index (κ2) is 25.3. The number of piperidine rings is 1. The third-order valence-corrected chi connectivity index (χ3v) is 12.7. The van der Waals surface area contributed by atoms with Crippen LogP contribution in [0.1, 0.15) is 83.2 Å². The van der Waals surface area contributed by atoms with Crippen molar-refractivity contribution in [2.24, 2.45) is 0 Å². The van der Waals surface area contributed by atoms with E-state index in [1.54, 1.807) is 18.5 Å². The standard InChI is InChI=1S/C54H57N9O10/c55-31-37-11-22-46(57-33-37)60-40-15-19-42(20-16-40)62(54(69)59-32-36-7-2-1-3-8-36)41-17-12-38(13-18-41)39-14-24-49(58-34-39)72-30-29-71-28-27-70-26-5-4-25-56-48(65)35-73-45-10-6-9-43-50(45)53(68)63(52(43)67)44-21-23-47(64)61-51(44)66/h1-3,6-14,17-18,22,24,33-34,40,42,44H,4-5,15-16,19-21,23,25-30,32,35H2,(H,56,65)(H,57,60)(H,59,69)(H,61,64,66)/t40-,42-,44?. The van der Waals surface area contributed by atoms with Gasteiger partial charge >= 0.3 is 6.03 Å². The smallest absolute Gasteiger partial charge is 0.322 e. The van der Waals surface area contributed by atoms with Crippen LogP contribution in [0.4, 0.5) is 16.3 Å². The number of hydrogen-bond acceptors (Lipinski definition) is 14. The third-order valence-electron chi connectivity index (χ3n) is 12.7. The van der Waals surface area contributed by atoms with Gasteiger partial charge in [0.25, 0.3) is 17.7 Å². The van der Waals surface area contributed by atoms with Gasteiger partial charge in [-0.3, -0.25) is 39.1 Å². The fraction of sp³-hybridized carbons (Fsp3) is 0.352. The highest BCUT2D eigenvalue weighted by Gasteiger charge is 2.46. The van der Waals surface area contributed by atoms with Crippen molar-refractivity contribution in [2.75, 3.05) is 56.4 Å². The van der Waals surface area contributed by atoms with E-state index in [0.29, 0.717) is 70.4 Å². The Morgan fingerprint density at radius 2 is 1.51 bits per heavy atom. The molecule has 0 radical (unpaired) electrons. The van der Waals surface area contributed by atoms with E-state index in [0.717, 1.165) is 58.8 Å². The lowest BCUT2D eigenvalue weighted by Crippen LogP contribution is -2.54. The van der Waals surface area contributed by atoms with Gasteiger partial charge in [0.2, 0.25) is 17.7 Å². The molecule has 1 saturated heterocycles. The number of anilines is 2. The predicted octanol–water partition coefficient (Wildman–Crippen LogP) is 5.94. The molecule has 1 saturated carbocycles. The molecule has 2 aromatic heterocycles. The van der Waals surface area contributed by atoms with Crippen LogP contribution in [0.3, 0.4) is 0 Å². The SMILES string of the molecule is N#Cc1ccc(N[C@H]2CC[C@H](N(C(=O)NCc3ccccc3)c3ccc(-c4ccc(OCCOCCOCCCCNC(=O)COc5cccc6c5C(=O)N(C5CCC(=O)NC5=O)C6=O)nc4)cc3)CC2)nc1. The summed E-state index contributed by atoms with van der Waals surface area (Å²) in [6, 6.07) is 30.7. The quantitative estimate of drug-likeness (QED) is 0.0437. The molecule has 2 aliphatic heterocycles. The molecule has 3 aliphatic rings. The molecule has 73 heavy (non-hydrogen) atoms. The largest absolute Gasteiger partial charge is 0.483 e. The summed E-state index contributed by atoms with van der Waals surface area (Å²) in [6.07, 6.45) is 8.04. The number of hydrogen-bond donors (Lipinski definition) is 4. The second-order valence-corrected chi connectivity index (χ2v) is 17.7. The molecule has 1 atom stereocenters. The van der Waals surface area contributed by atoms with Gasteiger partial charge in [-0.25, -0.2) is 14.8 Å². The third kappa shape index (κ3) is 13.6. The molecule has 1 aliphatic carbocycles. The number of ether oxygens (including phenoxy) is 4. The number of carbonyl (C=O) groups excluding carboxylic acids is 6. The molecule has 1 unspecified atom stereocenters. The molecular formula is C54H57N9O10. The van der Waals surface area contributed by atoms with Crippen LogP contribution in [0.2, 0.25) is 0 Å². The number of imide groups is 2. The molecule has 0 spiro atoms. The van der Waals surface area contributed by atoms with E-state index < -0.39 is 35.6 Å². The predicted molar refractivity (Wildman–Crippen MR) is 267 cm³/mol. The Hall–Kier alpha value is -8.21. The average molecular weight is 992 g/mol. The number of nitrogens with one attached hydrogen (secondary N) is 4. The Balaban J connectivity index is 0.697. The zero-order valence-electron chi connectivity index (χ0n) is 40.3. The molecule has 378 valence electrons. The highest BCUT2D eigenvalue weighted by atomic mass is 16.5. The summed E-state index contributed by atoms with van der Waals surface area (Å²) in [4.78, 5) is 88.2. The van der Waals surface area contributed by atoms with E-state index >= 15 is 0 Å². The summed E-state index contributed by atoms with van der Waals surface area (Å²) in [5.41, 5.74) is 4.24. The molecule has 0 bridgehead atoms. The minimum Gasteiger partial charge on any atom is -0.483 e. The number of aromatic nitrogens is 2. The Bertz CT molecular complexity index is 2760. The fourth-order valence-corrected chi connectivity index (χ4v) is 8.92. The van der Waals surface area contributed by atoms with Crippen molar-refractivity contribution in [1.29, 1.82) is 5.26 Å². The average Bonchev–Trinajstić information content (AvgIpc) is 3.67. The van der Waals surface area contributed by atoms with Crippen LogP contribution in [0, 0.1) is 11.3 Å². The van der Waals surface area contributed by atoms with Gasteiger partial charge in [-0.2, -0.15) is 5.26 Å². The first kappa shape index (κ1) is 51.2. The number of benzene rings is 3. The van der Waals surface area contributed by atoms with Gasteiger partial charge in [0.05, 0.1) is 36.5 Å². The van der Waals surface area contributed by atoms with Crippen LogP contribution in [0.15, 0.2) is 109 Å². The minimum absolute atomic E-state index is 0.00104. The van der Waals surface area contributed by atoms with Gasteiger partial charge in [-0.05, 0) is 98.5 Å². The number of nitriles is 1. The van der Waals surface area contributed by atoms with E-state index in [-0.39, 0.29) is 54.4 Å². The summed E-state index contributed by atoms with van der Waals surface area (Å²) >= 11 is 0. The Kier molecular flexibility index (Phi) is 17.7. The molecule has 2 fully saturated rings. The number of nitrogens with zero attached hydrogens (tertiary/aromatic N) is 5. The van der Waals surface area contributed by atoms with Crippen LogP contribution < -0.4 is 35.6 Å². The number of fused-ring (bicyclic) bond motifs is 1. The molecule has 5 aromatic rings. The first-order valence-electron chi connectivity index (χ1n) is 24.5. The van der Waals surface area contributed by atoms with Crippen LogP contribution in [0.5, 0.6) is 11.6 Å². The summed E-state index contributed by atoms with van der Waals surface area (Å²) in [5.74, 6) is -1.69. The van der Waals surface area contributed by atoms with Crippen LogP contribution in [0.25, 0.3) is 11.1 Å². The van der Waals surface area contributed by atoms with Crippen LogP contribution in [-0.4, -0.2) is 115 Å². The number of rotatable bonds is 23. The Morgan fingerprint density at radius 1 is 0.740 bits per heavy atom. The highest BCUT2D eigenvalue weighted by Crippen LogP contribution is 2.34. The maximum Gasteiger partial charge on any atom is 0.322 e. The van der Waals surface area contributed by atoms with E-state index in [1.807, 2.05) is 77.7 Å². The maximum absolute atomic E-state index is 13.9. The monoisotopic (exact) mass is 991 g/mol. The zero-order valence-corrected chi connectivity index (χ0v) is 40.3. The van der Waals surface area contributed by atoms with Crippen molar-refractivity contribution in [1.82, 2.24) is 30.8 Å². The van der Waals surface area contributed by atoms with Gasteiger partial charge in [0.1, 0.15) is 30.3 Å². The maximum atomic E-state index is 13.9. The molecule has 8 rings (SSSR count). The number of urea groups is 1. The van der Waals surface area contributed by atoms with Crippen LogP contribution >= 0.6 is 0 Å². The van der Waals surface area contributed by atoms with Crippen molar-refractivity contribution in [3.8, 4) is 28.8 Å². The summed E-state index contributed by atoms with van der Waals surface area (Å²) in [5, 5.41) is 20.7. The van der Waals surface area contributed by atoms with Crippen molar-refractivity contribution >= 4 is 47.1 Å². The molecule has 3 aromatic carbocycles. The molecule has 19 nitrogen and oxygen atoms in total. The van der Waals surface area contributed by atoms with E-state index in [4.69, 9.17) is 24.2 Å². The minimum atomic E-state index is -1.10. The van der Waals surface area contributed by atoms with Crippen molar-refractivity contribution in [3.63, 3.8) is 0 Å². The summed E-state index contributed by atoms with van der Waals surface area (Å²) < 4.78 is 22.7. The lowest BCUT2D eigenvalue weighted by atomic mass is 9.89. The number of pyridine rings is 2. The lowest BCUT2D eigenvalue weighted by molar-refractivity contribution is -0.136. The number of amides is 7. The topological polar surface area (TPSA) is 244 Å². The Morgan fingerprint density at radius 3 is 2.23 bits per heavy atom. The van der Waals surface area contributed by atoms with Gasteiger partial charge in [0.15, 0.2) is 6.61 Å². The normalized spacial score (nSPS) is 17.2.